The van der Waals surface area contributed by atoms with E-state index in [0.717, 1.165) is 55.0 Å². The van der Waals surface area contributed by atoms with Gasteiger partial charge in [0.15, 0.2) is 5.82 Å². The first-order valence-electron chi connectivity index (χ1n) is 12.0. The largest absolute Gasteiger partial charge is 0.379 e. The molecule has 1 N–H and O–H groups in total. The third-order valence-electron chi connectivity index (χ3n) is 6.99. The van der Waals surface area contributed by atoms with Gasteiger partial charge in [-0.2, -0.15) is 10.2 Å². The van der Waals surface area contributed by atoms with E-state index in [1.54, 1.807) is 37.1 Å². The molecule has 1 aromatic carbocycles. The molecule has 0 spiro atoms. The topological polar surface area (TPSA) is 62.4 Å². The number of halogens is 2. The van der Waals surface area contributed by atoms with Crippen LogP contribution >= 0.6 is 0 Å². The molecule has 3 aromatic rings. The third kappa shape index (κ3) is 3.90. The van der Waals surface area contributed by atoms with Crippen LogP contribution in [0.25, 0.3) is 11.1 Å². The van der Waals surface area contributed by atoms with Gasteiger partial charge in [-0.15, -0.1) is 0 Å². The molecule has 2 aliphatic heterocycles. The normalized spacial score (nSPS) is 17.4. The molecule has 182 valence electrons. The molecule has 0 saturated carbocycles. The molecule has 0 fully saturated rings. The van der Waals surface area contributed by atoms with E-state index in [4.69, 9.17) is 5.10 Å². The molecule has 1 unspecified atom stereocenters. The first kappa shape index (κ1) is 23.0. The summed E-state index contributed by atoms with van der Waals surface area (Å²) in [5, 5.41) is 19.4. The quantitative estimate of drug-likeness (QED) is 0.591. The maximum atomic E-state index is 14.2. The Balaban J connectivity index is 1.64. The minimum atomic E-state index is -2.60. The summed E-state index contributed by atoms with van der Waals surface area (Å²) in [6.07, 6.45) is 2.81. The summed E-state index contributed by atoms with van der Waals surface area (Å²) in [6, 6.07) is 3.75. The van der Waals surface area contributed by atoms with E-state index in [-0.39, 0.29) is 11.6 Å². The van der Waals surface area contributed by atoms with Crippen LogP contribution in [0.5, 0.6) is 0 Å². The van der Waals surface area contributed by atoms with Crippen LogP contribution < -0.4 is 4.90 Å². The van der Waals surface area contributed by atoms with E-state index < -0.39 is 12.7 Å². The van der Waals surface area contributed by atoms with Gasteiger partial charge in [-0.05, 0) is 56.9 Å². The van der Waals surface area contributed by atoms with Gasteiger partial charge in [0.2, 0.25) is 0 Å². The number of benzene rings is 1. The summed E-state index contributed by atoms with van der Waals surface area (Å²) in [6.45, 7) is 8.08. The van der Waals surface area contributed by atoms with Crippen molar-refractivity contribution in [2.45, 2.75) is 65.3 Å². The van der Waals surface area contributed by atoms with Crippen LogP contribution in [0.15, 0.2) is 24.5 Å². The summed E-state index contributed by atoms with van der Waals surface area (Å²) < 4.78 is 32.2. The molecule has 0 bridgehead atoms. The molecular formula is C25H32F2N6O. The first-order chi connectivity index (χ1) is 16.2. The van der Waals surface area contributed by atoms with Crippen molar-refractivity contribution in [2.75, 3.05) is 18.0 Å². The van der Waals surface area contributed by atoms with Crippen molar-refractivity contribution in [1.29, 1.82) is 0 Å². The first-order valence-corrected chi connectivity index (χ1v) is 12.0. The van der Waals surface area contributed by atoms with Crippen LogP contribution in [-0.2, 0) is 26.4 Å². The Labute approximate surface area is 198 Å². The van der Waals surface area contributed by atoms with Crippen LogP contribution in [-0.4, -0.2) is 48.9 Å². The highest BCUT2D eigenvalue weighted by Crippen LogP contribution is 2.43. The summed E-state index contributed by atoms with van der Waals surface area (Å²) >= 11 is 0. The minimum absolute atomic E-state index is 0.0152. The predicted octanol–water partition coefficient (Wildman–Crippen LogP) is 4.58. The molecule has 0 radical (unpaired) electrons. The summed E-state index contributed by atoms with van der Waals surface area (Å²) in [7, 11) is 1.79. The molecule has 0 saturated heterocycles. The molecule has 1 atom stereocenters. The van der Waals surface area contributed by atoms with Crippen molar-refractivity contribution < 1.29 is 13.9 Å². The molecule has 34 heavy (non-hydrogen) atoms. The Morgan fingerprint density at radius 1 is 1.09 bits per heavy atom. The van der Waals surface area contributed by atoms with Gasteiger partial charge < -0.3 is 10.0 Å². The Morgan fingerprint density at radius 2 is 1.88 bits per heavy atom. The molecule has 0 amide bonds. The van der Waals surface area contributed by atoms with E-state index in [1.807, 2.05) is 11.0 Å². The number of hydrogen-bond donors (Lipinski definition) is 1. The Kier molecular flexibility index (Phi) is 5.93. The van der Waals surface area contributed by atoms with Crippen molar-refractivity contribution in [3.8, 4) is 11.1 Å². The fourth-order valence-electron chi connectivity index (χ4n) is 5.27. The fourth-order valence-corrected chi connectivity index (χ4v) is 5.27. The lowest BCUT2D eigenvalue weighted by Gasteiger charge is -2.34. The van der Waals surface area contributed by atoms with Crippen molar-refractivity contribution in [2.24, 2.45) is 7.05 Å². The van der Waals surface area contributed by atoms with Crippen LogP contribution in [0.2, 0.25) is 0 Å². The lowest BCUT2D eigenvalue weighted by atomic mass is 9.92. The third-order valence-corrected chi connectivity index (χ3v) is 6.99. The Bertz CT molecular complexity index is 1200. The Morgan fingerprint density at radius 3 is 2.53 bits per heavy atom. The summed E-state index contributed by atoms with van der Waals surface area (Å²) in [5.41, 5.74) is 5.37. The predicted molar refractivity (Wildman–Crippen MR) is 127 cm³/mol. The summed E-state index contributed by atoms with van der Waals surface area (Å²) in [5.74, 6) is 0.823. The number of aliphatic hydroxyl groups is 1. The number of anilines is 2. The number of nitrogens with zero attached hydrogens (tertiary/aromatic N) is 6. The second-order valence-electron chi connectivity index (χ2n) is 9.67. The number of rotatable bonds is 5. The van der Waals surface area contributed by atoms with Gasteiger partial charge in [0.25, 0.3) is 6.43 Å². The zero-order chi connectivity index (χ0) is 24.1. The van der Waals surface area contributed by atoms with Crippen LogP contribution in [0.1, 0.15) is 62.0 Å². The minimum Gasteiger partial charge on any atom is -0.379 e. The molecule has 5 rings (SSSR count). The highest BCUT2D eigenvalue weighted by Gasteiger charge is 2.32. The van der Waals surface area contributed by atoms with Crippen molar-refractivity contribution in [3.63, 3.8) is 0 Å². The summed E-state index contributed by atoms with van der Waals surface area (Å²) in [4.78, 5) is 4.14. The SMILES string of the molecule is CC(O)N1CCc2c(c(N3CCCc4cc(-c5cnn(C)c5)c(C(F)F)cc43)nn2C(C)C)C1. The number of fused-ring (bicyclic) bond motifs is 2. The second kappa shape index (κ2) is 8.78. The number of aromatic nitrogens is 4. The van der Waals surface area contributed by atoms with Gasteiger partial charge in [-0.25, -0.2) is 8.78 Å². The van der Waals surface area contributed by atoms with Crippen molar-refractivity contribution >= 4 is 11.5 Å². The van der Waals surface area contributed by atoms with E-state index in [9.17, 15) is 13.9 Å². The lowest BCUT2D eigenvalue weighted by Crippen LogP contribution is -2.38. The fraction of sp³-hybridized carbons (Fsp3) is 0.520. The van der Waals surface area contributed by atoms with Crippen LogP contribution in [0.4, 0.5) is 20.3 Å². The van der Waals surface area contributed by atoms with Gasteiger partial charge in [0, 0.05) is 73.4 Å². The maximum absolute atomic E-state index is 14.2. The maximum Gasteiger partial charge on any atom is 0.264 e. The van der Waals surface area contributed by atoms with Crippen LogP contribution in [0.3, 0.4) is 0 Å². The average molecular weight is 471 g/mol. The number of aryl methyl sites for hydroxylation is 2. The molecule has 2 aromatic heterocycles. The van der Waals surface area contributed by atoms with E-state index in [2.05, 4.69) is 28.5 Å². The monoisotopic (exact) mass is 470 g/mol. The highest BCUT2D eigenvalue weighted by atomic mass is 19.3. The van der Waals surface area contributed by atoms with Gasteiger partial charge in [0.05, 0.1) is 6.20 Å². The molecule has 9 heteroatoms. The van der Waals surface area contributed by atoms with Crippen LogP contribution in [0, 0.1) is 0 Å². The smallest absolute Gasteiger partial charge is 0.264 e. The number of alkyl halides is 2. The van der Waals surface area contributed by atoms with Crippen molar-refractivity contribution in [1.82, 2.24) is 24.5 Å². The molecular weight excluding hydrogens is 438 g/mol. The molecule has 2 aliphatic rings. The Hall–Kier alpha value is -2.78. The standard InChI is InChI=1S/C25H32F2N6O/c1-15(2)33-22-7-9-31(16(3)34)14-21(22)25(29-33)32-8-5-6-17-10-19(18-12-28-30(4)13-18)20(24(26)27)11-23(17)32/h10-13,15-16,24,34H,5-9,14H2,1-4H3. The molecule has 0 aliphatic carbocycles. The van der Waals surface area contributed by atoms with Gasteiger partial charge in [0.1, 0.15) is 6.23 Å². The zero-order valence-corrected chi connectivity index (χ0v) is 20.2. The molecule has 7 nitrogen and oxygen atoms in total. The van der Waals surface area contributed by atoms with E-state index >= 15 is 0 Å². The number of aliphatic hydroxyl groups excluding tert-OH is 1. The van der Waals surface area contributed by atoms with Crippen molar-refractivity contribution in [3.05, 3.63) is 46.9 Å². The van der Waals surface area contributed by atoms with Gasteiger partial charge in [-0.1, -0.05) is 0 Å². The van der Waals surface area contributed by atoms with Gasteiger partial charge >= 0.3 is 0 Å². The molecule has 4 heterocycles. The van der Waals surface area contributed by atoms with E-state index in [0.29, 0.717) is 17.7 Å². The highest BCUT2D eigenvalue weighted by molar-refractivity contribution is 5.76. The second-order valence-corrected chi connectivity index (χ2v) is 9.67. The lowest BCUT2D eigenvalue weighted by molar-refractivity contribution is 0.00870. The number of hydrogen-bond acceptors (Lipinski definition) is 5. The zero-order valence-electron chi connectivity index (χ0n) is 20.2. The van der Waals surface area contributed by atoms with Gasteiger partial charge in [-0.3, -0.25) is 14.3 Å². The average Bonchev–Trinajstić information content (AvgIpc) is 3.41. The van der Waals surface area contributed by atoms with E-state index in [1.165, 1.54) is 5.69 Å².